The highest BCUT2D eigenvalue weighted by Gasteiger charge is 2.04. The lowest BCUT2D eigenvalue weighted by Gasteiger charge is -2.06. The van der Waals surface area contributed by atoms with Crippen molar-refractivity contribution in [2.24, 2.45) is 0 Å². The van der Waals surface area contributed by atoms with E-state index in [9.17, 15) is 9.90 Å². The molecular formula is C14H15NO2S. The van der Waals surface area contributed by atoms with Gasteiger partial charge < -0.3 is 10.4 Å². The topological polar surface area (TPSA) is 49.3 Å². The van der Waals surface area contributed by atoms with Crippen LogP contribution in [0.5, 0.6) is 5.75 Å². The number of hydrogen-bond acceptors (Lipinski definition) is 3. The second-order valence-electron chi connectivity index (χ2n) is 3.98. The first kappa shape index (κ1) is 12.6. The maximum Gasteiger partial charge on any atom is 0.225 e. The first-order valence-electron chi connectivity index (χ1n) is 5.81. The summed E-state index contributed by atoms with van der Waals surface area (Å²) in [5, 5.41) is 14.4. The number of carbonyl (C=O) groups is 1. The maximum absolute atomic E-state index is 11.6. The molecule has 1 amide bonds. The van der Waals surface area contributed by atoms with E-state index >= 15 is 0 Å². The number of hydrogen-bond donors (Lipinski definition) is 2. The van der Waals surface area contributed by atoms with Crippen LogP contribution in [0.15, 0.2) is 41.8 Å². The molecule has 2 N–H and O–H groups in total. The van der Waals surface area contributed by atoms with Crippen molar-refractivity contribution >= 4 is 17.2 Å². The summed E-state index contributed by atoms with van der Waals surface area (Å²) >= 11 is 1.58. The largest absolute Gasteiger partial charge is 0.508 e. The van der Waals surface area contributed by atoms with Crippen LogP contribution < -0.4 is 5.32 Å². The fourth-order valence-corrected chi connectivity index (χ4v) is 2.40. The highest BCUT2D eigenvalue weighted by molar-refractivity contribution is 7.10. The Morgan fingerprint density at radius 2 is 2.06 bits per heavy atom. The number of amides is 1. The van der Waals surface area contributed by atoms with Gasteiger partial charge in [-0.25, -0.2) is 0 Å². The average Bonchev–Trinajstić information content (AvgIpc) is 2.84. The Hall–Kier alpha value is -1.81. The molecule has 1 aromatic carbocycles. The molecule has 0 aliphatic rings. The molecule has 0 radical (unpaired) electrons. The zero-order valence-electron chi connectivity index (χ0n) is 9.93. The summed E-state index contributed by atoms with van der Waals surface area (Å²) in [5.41, 5.74) is 0.855. The third kappa shape index (κ3) is 3.60. The van der Waals surface area contributed by atoms with Gasteiger partial charge in [-0.1, -0.05) is 24.3 Å². The Morgan fingerprint density at radius 1 is 1.22 bits per heavy atom. The molecule has 94 valence electrons. The molecule has 1 heterocycles. The van der Waals surface area contributed by atoms with Crippen LogP contribution in [0.1, 0.15) is 10.4 Å². The fourth-order valence-electron chi connectivity index (χ4n) is 1.69. The lowest BCUT2D eigenvalue weighted by atomic mass is 10.1. The Bertz CT molecular complexity index is 508. The van der Waals surface area contributed by atoms with Crippen LogP contribution in [0.4, 0.5) is 0 Å². The predicted octanol–water partition coefficient (Wildman–Crippen LogP) is 2.36. The van der Waals surface area contributed by atoms with Crippen molar-refractivity contribution < 1.29 is 9.90 Å². The van der Waals surface area contributed by atoms with Crippen LogP contribution in [0.25, 0.3) is 0 Å². The summed E-state index contributed by atoms with van der Waals surface area (Å²) < 4.78 is 0. The van der Waals surface area contributed by atoms with Crippen molar-refractivity contribution in [3.05, 3.63) is 52.2 Å². The van der Waals surface area contributed by atoms with Crippen LogP contribution in [-0.4, -0.2) is 17.6 Å². The van der Waals surface area contributed by atoms with E-state index in [-0.39, 0.29) is 11.7 Å². The molecule has 0 aliphatic carbocycles. The number of phenolic OH excluding ortho intramolecular Hbond substituents is 1. The highest BCUT2D eigenvalue weighted by atomic mass is 32.1. The molecule has 0 spiro atoms. The first-order valence-corrected chi connectivity index (χ1v) is 6.69. The minimum atomic E-state index is 0.0212. The van der Waals surface area contributed by atoms with Crippen LogP contribution in [-0.2, 0) is 17.6 Å². The van der Waals surface area contributed by atoms with Crippen LogP contribution in [0, 0.1) is 0 Å². The minimum Gasteiger partial charge on any atom is -0.508 e. The van der Waals surface area contributed by atoms with Crippen LogP contribution >= 0.6 is 11.3 Å². The third-order valence-electron chi connectivity index (χ3n) is 2.62. The lowest BCUT2D eigenvalue weighted by molar-refractivity contribution is -0.120. The molecule has 0 saturated carbocycles. The zero-order chi connectivity index (χ0) is 12.8. The Balaban J connectivity index is 1.75. The van der Waals surface area contributed by atoms with Crippen molar-refractivity contribution in [3.63, 3.8) is 0 Å². The first-order chi connectivity index (χ1) is 8.75. The maximum atomic E-state index is 11.6. The van der Waals surface area contributed by atoms with E-state index in [1.165, 1.54) is 0 Å². The molecule has 2 rings (SSSR count). The molecule has 0 bridgehead atoms. The second-order valence-corrected chi connectivity index (χ2v) is 5.02. The lowest BCUT2D eigenvalue weighted by Crippen LogP contribution is -2.26. The van der Waals surface area contributed by atoms with Gasteiger partial charge in [0, 0.05) is 11.4 Å². The normalized spacial score (nSPS) is 10.2. The predicted molar refractivity (Wildman–Crippen MR) is 72.8 cm³/mol. The molecule has 0 unspecified atom stereocenters. The van der Waals surface area contributed by atoms with Gasteiger partial charge in [-0.2, -0.15) is 0 Å². The molecule has 1 aromatic heterocycles. The number of benzene rings is 1. The molecule has 0 aliphatic heterocycles. The summed E-state index contributed by atoms with van der Waals surface area (Å²) in [6.45, 7) is 0.543. The van der Waals surface area contributed by atoms with Gasteiger partial charge in [-0.15, -0.1) is 11.3 Å². The summed E-state index contributed by atoms with van der Waals surface area (Å²) in [4.78, 5) is 12.7. The van der Waals surface area contributed by atoms with Crippen LogP contribution in [0.2, 0.25) is 0 Å². The van der Waals surface area contributed by atoms with Gasteiger partial charge in [0.2, 0.25) is 5.91 Å². The summed E-state index contributed by atoms with van der Waals surface area (Å²) in [6, 6.07) is 11.1. The fraction of sp³-hybridized carbons (Fsp3) is 0.214. The van der Waals surface area contributed by atoms with E-state index in [1.807, 2.05) is 29.6 Å². The summed E-state index contributed by atoms with van der Waals surface area (Å²) in [7, 11) is 0. The number of rotatable bonds is 5. The second kappa shape index (κ2) is 6.21. The summed E-state index contributed by atoms with van der Waals surface area (Å²) in [6.07, 6.45) is 1.07. The molecule has 2 aromatic rings. The highest BCUT2D eigenvalue weighted by Crippen LogP contribution is 2.15. The molecule has 0 atom stereocenters. The van der Waals surface area contributed by atoms with Gasteiger partial charge in [0.05, 0.1) is 6.42 Å². The SMILES string of the molecule is O=C(Cc1cccs1)NCCc1ccccc1O. The van der Waals surface area contributed by atoms with Crippen molar-refractivity contribution in [2.45, 2.75) is 12.8 Å². The quantitative estimate of drug-likeness (QED) is 0.868. The number of para-hydroxylation sites is 1. The Labute approximate surface area is 110 Å². The number of aromatic hydroxyl groups is 1. The number of carbonyl (C=O) groups excluding carboxylic acids is 1. The minimum absolute atomic E-state index is 0.0212. The zero-order valence-corrected chi connectivity index (χ0v) is 10.7. The van der Waals surface area contributed by atoms with E-state index in [2.05, 4.69) is 5.32 Å². The molecule has 3 nitrogen and oxygen atoms in total. The van der Waals surface area contributed by atoms with E-state index in [1.54, 1.807) is 23.5 Å². The third-order valence-corrected chi connectivity index (χ3v) is 3.50. The van der Waals surface area contributed by atoms with E-state index in [0.717, 1.165) is 10.4 Å². The van der Waals surface area contributed by atoms with Gasteiger partial charge >= 0.3 is 0 Å². The monoisotopic (exact) mass is 261 g/mol. The van der Waals surface area contributed by atoms with Crippen molar-refractivity contribution in [3.8, 4) is 5.75 Å². The molecule has 18 heavy (non-hydrogen) atoms. The van der Waals surface area contributed by atoms with Crippen molar-refractivity contribution in [2.75, 3.05) is 6.54 Å². The number of nitrogens with one attached hydrogen (secondary N) is 1. The van der Waals surface area contributed by atoms with Gasteiger partial charge in [0.1, 0.15) is 5.75 Å². The molecular weight excluding hydrogens is 246 g/mol. The Kier molecular flexibility index (Phi) is 4.36. The van der Waals surface area contributed by atoms with Gasteiger partial charge in [-0.05, 0) is 29.5 Å². The molecule has 0 fully saturated rings. The van der Waals surface area contributed by atoms with Gasteiger partial charge in [0.15, 0.2) is 0 Å². The standard InChI is InChI=1S/C14H15NO2S/c16-13-6-2-1-4-11(13)7-8-15-14(17)10-12-5-3-9-18-12/h1-6,9,16H,7-8,10H2,(H,15,17). The average molecular weight is 261 g/mol. The smallest absolute Gasteiger partial charge is 0.225 e. The van der Waals surface area contributed by atoms with E-state index in [4.69, 9.17) is 0 Å². The van der Waals surface area contributed by atoms with E-state index in [0.29, 0.717) is 19.4 Å². The number of phenols is 1. The molecule has 0 saturated heterocycles. The van der Waals surface area contributed by atoms with Crippen molar-refractivity contribution in [1.29, 1.82) is 0 Å². The summed E-state index contributed by atoms with van der Waals surface area (Å²) in [5.74, 6) is 0.304. The van der Waals surface area contributed by atoms with Gasteiger partial charge in [-0.3, -0.25) is 4.79 Å². The molecule has 4 heteroatoms. The van der Waals surface area contributed by atoms with E-state index < -0.39 is 0 Å². The van der Waals surface area contributed by atoms with Crippen LogP contribution in [0.3, 0.4) is 0 Å². The van der Waals surface area contributed by atoms with Crippen molar-refractivity contribution in [1.82, 2.24) is 5.32 Å². The Morgan fingerprint density at radius 3 is 2.78 bits per heavy atom. The number of thiophene rings is 1. The van der Waals surface area contributed by atoms with Gasteiger partial charge in [0.25, 0.3) is 0 Å².